The van der Waals surface area contributed by atoms with Crippen LogP contribution in [-0.2, 0) is 11.8 Å². The lowest BCUT2D eigenvalue weighted by Crippen LogP contribution is -2.53. The largest absolute Gasteiger partial charge is 0.380 e. The maximum atomic E-state index is 13.5. The third-order valence-corrected chi connectivity index (χ3v) is 4.52. The molecule has 1 aromatic carbocycles. The van der Waals surface area contributed by atoms with Gasteiger partial charge in [-0.3, -0.25) is 9.59 Å². The summed E-state index contributed by atoms with van der Waals surface area (Å²) in [5.41, 5.74) is 4.81. The molecule has 1 fully saturated rings. The van der Waals surface area contributed by atoms with Gasteiger partial charge in [0.05, 0.1) is 5.56 Å². The molecule has 0 spiro atoms. The van der Waals surface area contributed by atoms with Crippen molar-refractivity contribution in [2.45, 2.75) is 18.4 Å². The highest BCUT2D eigenvalue weighted by atomic mass is 19.1. The van der Waals surface area contributed by atoms with Gasteiger partial charge in [-0.1, -0.05) is 0 Å². The smallest absolute Gasteiger partial charge is 0.256 e. The van der Waals surface area contributed by atoms with Crippen molar-refractivity contribution in [1.29, 1.82) is 0 Å². The van der Waals surface area contributed by atoms with E-state index in [0.717, 1.165) is 5.52 Å². The number of carbonyl (C=O) groups excluding carboxylic acids is 2. The Kier molecular flexibility index (Phi) is 3.60. The molecule has 7 heteroatoms. The fourth-order valence-electron chi connectivity index (χ4n) is 3.03. The Balaban J connectivity index is 1.88. The lowest BCUT2D eigenvalue weighted by atomic mass is 9.90. The Hall–Kier alpha value is -2.41. The van der Waals surface area contributed by atoms with Gasteiger partial charge in [0, 0.05) is 50.1 Å². The first-order valence-electron chi connectivity index (χ1n) is 7.38. The number of nitrogens with two attached hydrogens (primary N) is 1. The van der Waals surface area contributed by atoms with Crippen LogP contribution in [0.1, 0.15) is 23.2 Å². The Morgan fingerprint density at radius 1 is 1.30 bits per heavy atom. The molecular weight excluding hydrogens is 301 g/mol. The van der Waals surface area contributed by atoms with E-state index in [2.05, 4.69) is 0 Å². The maximum absolute atomic E-state index is 13.5. The second-order valence-corrected chi connectivity index (χ2v) is 6.00. The lowest BCUT2D eigenvalue weighted by molar-refractivity contribution is -0.140. The molecule has 0 saturated carbocycles. The highest BCUT2D eigenvalue weighted by molar-refractivity contribution is 6.07. The number of halogens is 1. The van der Waals surface area contributed by atoms with Gasteiger partial charge >= 0.3 is 0 Å². The van der Waals surface area contributed by atoms with Crippen molar-refractivity contribution in [3.63, 3.8) is 0 Å². The summed E-state index contributed by atoms with van der Waals surface area (Å²) in [6.07, 6.45) is 1.88. The zero-order valence-electron chi connectivity index (χ0n) is 12.8. The Morgan fingerprint density at radius 3 is 2.57 bits per heavy atom. The van der Waals surface area contributed by atoms with Crippen LogP contribution < -0.4 is 5.73 Å². The number of nitrogens with zero attached hydrogens (tertiary/aromatic N) is 2. The Bertz CT molecular complexity index is 791. The normalized spacial score (nSPS) is 17.4. The predicted molar refractivity (Wildman–Crippen MR) is 82.2 cm³/mol. The standard InChI is InChI=1S/C16H18FN3O3/c1-19-9-12(11-8-10(17)2-3-13(11)19)14(21)20-6-4-16(23,5-7-20)15(18)22/h2-3,8-9,23H,4-7H2,1H3,(H2,18,22). The van der Waals surface area contributed by atoms with E-state index in [9.17, 15) is 19.1 Å². The summed E-state index contributed by atoms with van der Waals surface area (Å²) >= 11 is 0. The molecule has 0 atom stereocenters. The summed E-state index contributed by atoms with van der Waals surface area (Å²) in [7, 11) is 1.79. The number of aromatic nitrogens is 1. The molecule has 23 heavy (non-hydrogen) atoms. The Labute approximate surface area is 132 Å². The van der Waals surface area contributed by atoms with Gasteiger partial charge in [0.15, 0.2) is 0 Å². The summed E-state index contributed by atoms with van der Waals surface area (Å²) in [6, 6.07) is 4.32. The number of likely N-dealkylation sites (tertiary alicyclic amines) is 1. The van der Waals surface area contributed by atoms with Gasteiger partial charge in [-0.05, 0) is 18.2 Å². The first-order valence-corrected chi connectivity index (χ1v) is 7.38. The first-order chi connectivity index (χ1) is 10.8. The number of hydrogen-bond acceptors (Lipinski definition) is 3. The molecule has 1 aromatic heterocycles. The second kappa shape index (κ2) is 5.34. The summed E-state index contributed by atoms with van der Waals surface area (Å²) in [4.78, 5) is 25.5. The van der Waals surface area contributed by atoms with Crippen molar-refractivity contribution in [3.8, 4) is 0 Å². The fraction of sp³-hybridized carbons (Fsp3) is 0.375. The van der Waals surface area contributed by atoms with E-state index in [1.54, 1.807) is 28.8 Å². The van der Waals surface area contributed by atoms with Crippen LogP contribution in [0.15, 0.2) is 24.4 Å². The lowest BCUT2D eigenvalue weighted by Gasteiger charge is -2.35. The topological polar surface area (TPSA) is 88.6 Å². The van der Waals surface area contributed by atoms with Gasteiger partial charge in [-0.15, -0.1) is 0 Å². The van der Waals surface area contributed by atoms with E-state index in [1.165, 1.54) is 12.1 Å². The zero-order valence-corrected chi connectivity index (χ0v) is 12.8. The highest BCUT2D eigenvalue weighted by Gasteiger charge is 2.39. The van der Waals surface area contributed by atoms with Crippen LogP contribution in [-0.4, -0.2) is 45.1 Å². The van der Waals surface area contributed by atoms with Crippen molar-refractivity contribution >= 4 is 22.7 Å². The molecule has 1 aliphatic heterocycles. The molecular formula is C16H18FN3O3. The van der Waals surface area contributed by atoms with E-state index in [1.807, 2.05) is 0 Å². The average Bonchev–Trinajstić information content (AvgIpc) is 2.83. The van der Waals surface area contributed by atoms with E-state index in [4.69, 9.17) is 5.73 Å². The van der Waals surface area contributed by atoms with Gasteiger partial charge in [0.1, 0.15) is 11.4 Å². The van der Waals surface area contributed by atoms with Gasteiger partial charge < -0.3 is 20.3 Å². The second-order valence-electron chi connectivity index (χ2n) is 6.00. The van der Waals surface area contributed by atoms with Gasteiger partial charge in [-0.2, -0.15) is 0 Å². The third kappa shape index (κ3) is 2.57. The average molecular weight is 319 g/mol. The van der Waals surface area contributed by atoms with Crippen molar-refractivity contribution in [2.24, 2.45) is 12.8 Å². The summed E-state index contributed by atoms with van der Waals surface area (Å²) < 4.78 is 15.3. The number of benzene rings is 1. The molecule has 0 radical (unpaired) electrons. The van der Waals surface area contributed by atoms with E-state index < -0.39 is 17.3 Å². The predicted octanol–water partition coefficient (Wildman–Crippen LogP) is 0.770. The molecule has 3 rings (SSSR count). The van der Waals surface area contributed by atoms with Crippen molar-refractivity contribution in [2.75, 3.05) is 13.1 Å². The molecule has 2 amide bonds. The number of hydrogen-bond donors (Lipinski definition) is 2. The van der Waals surface area contributed by atoms with Crippen molar-refractivity contribution < 1.29 is 19.1 Å². The van der Waals surface area contributed by atoms with Crippen LogP contribution in [0.5, 0.6) is 0 Å². The minimum absolute atomic E-state index is 0.104. The highest BCUT2D eigenvalue weighted by Crippen LogP contribution is 2.27. The van der Waals surface area contributed by atoms with Gasteiger partial charge in [-0.25, -0.2) is 4.39 Å². The zero-order chi connectivity index (χ0) is 16.8. The first kappa shape index (κ1) is 15.5. The molecule has 2 heterocycles. The minimum atomic E-state index is -1.55. The molecule has 3 N–H and O–H groups in total. The minimum Gasteiger partial charge on any atom is -0.380 e. The summed E-state index contributed by atoms with van der Waals surface area (Å²) in [5.74, 6) is -1.41. The van der Waals surface area contributed by atoms with Crippen LogP contribution in [0.25, 0.3) is 10.9 Å². The molecule has 1 aliphatic rings. The van der Waals surface area contributed by atoms with E-state index >= 15 is 0 Å². The quantitative estimate of drug-likeness (QED) is 0.857. The number of carbonyl (C=O) groups is 2. The third-order valence-electron chi connectivity index (χ3n) is 4.52. The molecule has 2 aromatic rings. The van der Waals surface area contributed by atoms with E-state index in [-0.39, 0.29) is 31.8 Å². The monoisotopic (exact) mass is 319 g/mol. The van der Waals surface area contributed by atoms with Crippen LogP contribution in [0.4, 0.5) is 4.39 Å². The number of amides is 2. The molecule has 0 bridgehead atoms. The summed E-state index contributed by atoms with van der Waals surface area (Å²) in [6.45, 7) is 0.452. The fourth-order valence-corrected chi connectivity index (χ4v) is 3.03. The number of primary amides is 1. The van der Waals surface area contributed by atoms with Crippen LogP contribution in [0, 0.1) is 5.82 Å². The maximum Gasteiger partial charge on any atom is 0.256 e. The Morgan fingerprint density at radius 2 is 1.96 bits per heavy atom. The number of aryl methyl sites for hydroxylation is 1. The van der Waals surface area contributed by atoms with Crippen molar-refractivity contribution in [3.05, 3.63) is 35.8 Å². The molecule has 1 saturated heterocycles. The van der Waals surface area contributed by atoms with Crippen LogP contribution in [0.3, 0.4) is 0 Å². The number of aliphatic hydroxyl groups is 1. The molecule has 0 aliphatic carbocycles. The summed E-state index contributed by atoms with van der Waals surface area (Å²) in [5, 5.41) is 10.6. The number of piperidine rings is 1. The molecule has 6 nitrogen and oxygen atoms in total. The molecule has 0 unspecified atom stereocenters. The van der Waals surface area contributed by atoms with Crippen LogP contribution >= 0.6 is 0 Å². The van der Waals surface area contributed by atoms with Crippen LogP contribution in [0.2, 0.25) is 0 Å². The van der Waals surface area contributed by atoms with Crippen molar-refractivity contribution in [1.82, 2.24) is 9.47 Å². The number of rotatable bonds is 2. The molecule has 122 valence electrons. The van der Waals surface area contributed by atoms with E-state index in [0.29, 0.717) is 10.9 Å². The SMILES string of the molecule is Cn1cc(C(=O)N2CCC(O)(C(N)=O)CC2)c2cc(F)ccc21. The number of fused-ring (bicyclic) bond motifs is 1. The van der Waals surface area contributed by atoms with Gasteiger partial charge in [0.25, 0.3) is 5.91 Å². The van der Waals surface area contributed by atoms with Gasteiger partial charge in [0.2, 0.25) is 5.91 Å².